The van der Waals surface area contributed by atoms with E-state index in [4.69, 9.17) is 21.1 Å². The molecule has 0 aliphatic carbocycles. The van der Waals surface area contributed by atoms with Gasteiger partial charge in [-0.05, 0) is 24.3 Å². The van der Waals surface area contributed by atoms with Gasteiger partial charge in [0.25, 0.3) is 5.56 Å². The minimum atomic E-state index is -0.173. The predicted molar refractivity (Wildman–Crippen MR) is 104 cm³/mol. The lowest BCUT2D eigenvalue weighted by Crippen LogP contribution is -2.22. The fourth-order valence-corrected chi connectivity index (χ4v) is 3.64. The van der Waals surface area contributed by atoms with Crippen molar-refractivity contribution in [2.45, 2.75) is 13.2 Å². The lowest BCUT2D eigenvalue weighted by molar-refractivity contribution is -0.0170. The van der Waals surface area contributed by atoms with Gasteiger partial charge >= 0.3 is 0 Å². The summed E-state index contributed by atoms with van der Waals surface area (Å²) in [5, 5.41) is 5.36. The molecule has 5 rings (SSSR count). The van der Waals surface area contributed by atoms with Gasteiger partial charge in [0.1, 0.15) is 17.5 Å². The number of benzene rings is 2. The summed E-state index contributed by atoms with van der Waals surface area (Å²) in [6.07, 6.45) is 3.07. The van der Waals surface area contributed by atoms with Crippen LogP contribution in [-0.4, -0.2) is 26.1 Å². The summed E-state index contributed by atoms with van der Waals surface area (Å²) in [6, 6.07) is 13.2. The number of rotatable bonds is 3. The number of aromatic nitrogens is 4. The highest BCUT2D eigenvalue weighted by Gasteiger charge is 2.18. The summed E-state index contributed by atoms with van der Waals surface area (Å²) in [5.41, 5.74) is 2.87. The Balaban J connectivity index is 1.58. The third-order valence-corrected chi connectivity index (χ3v) is 4.87. The standard InChI is InChI=1S/C20H15ClN4O3/c21-15-6-13(18-14(7-15)10-27-12-28-18)9-24-11-22-19-17(20(24)26)8-23-25(19)16-4-2-1-3-5-16/h1-8,11H,9-10,12H2. The molecule has 1 aliphatic heterocycles. The average Bonchev–Trinajstić information content (AvgIpc) is 3.15. The molecule has 0 atom stereocenters. The summed E-state index contributed by atoms with van der Waals surface area (Å²) >= 11 is 6.23. The van der Waals surface area contributed by atoms with Crippen molar-refractivity contribution in [2.24, 2.45) is 0 Å². The molecule has 0 saturated carbocycles. The maximum absolute atomic E-state index is 13.0. The zero-order valence-electron chi connectivity index (χ0n) is 14.7. The van der Waals surface area contributed by atoms with E-state index in [1.165, 1.54) is 10.9 Å². The Morgan fingerprint density at radius 2 is 2.04 bits per heavy atom. The Kier molecular flexibility index (Phi) is 4.11. The van der Waals surface area contributed by atoms with E-state index in [2.05, 4.69) is 10.1 Å². The first-order valence-electron chi connectivity index (χ1n) is 8.71. The molecule has 0 radical (unpaired) electrons. The monoisotopic (exact) mass is 394 g/mol. The Hall–Kier alpha value is -3.16. The zero-order chi connectivity index (χ0) is 19.1. The average molecular weight is 395 g/mol. The number of nitrogens with zero attached hydrogens (tertiary/aromatic N) is 4. The molecule has 2 aromatic carbocycles. The molecule has 0 bridgehead atoms. The van der Waals surface area contributed by atoms with Crippen LogP contribution in [0.2, 0.25) is 5.02 Å². The van der Waals surface area contributed by atoms with Crippen molar-refractivity contribution in [3.05, 3.63) is 81.5 Å². The number of ether oxygens (including phenoxy) is 2. The molecule has 0 saturated heterocycles. The van der Waals surface area contributed by atoms with Crippen molar-refractivity contribution < 1.29 is 9.47 Å². The minimum absolute atomic E-state index is 0.173. The van der Waals surface area contributed by atoms with Crippen LogP contribution in [0.1, 0.15) is 11.1 Å². The van der Waals surface area contributed by atoms with Crippen LogP contribution in [0.25, 0.3) is 16.7 Å². The predicted octanol–water partition coefficient (Wildman–Crippen LogP) is 3.15. The van der Waals surface area contributed by atoms with Gasteiger partial charge < -0.3 is 9.47 Å². The van der Waals surface area contributed by atoms with Gasteiger partial charge in [-0.2, -0.15) is 5.10 Å². The number of halogens is 1. The maximum atomic E-state index is 13.0. The second-order valence-electron chi connectivity index (χ2n) is 6.47. The highest BCUT2D eigenvalue weighted by Crippen LogP contribution is 2.32. The normalized spacial score (nSPS) is 13.3. The van der Waals surface area contributed by atoms with Gasteiger partial charge in [0, 0.05) is 16.1 Å². The van der Waals surface area contributed by atoms with Crippen LogP contribution in [0.5, 0.6) is 5.75 Å². The van der Waals surface area contributed by atoms with E-state index < -0.39 is 0 Å². The van der Waals surface area contributed by atoms with Gasteiger partial charge in [-0.3, -0.25) is 9.36 Å². The van der Waals surface area contributed by atoms with E-state index in [9.17, 15) is 4.79 Å². The van der Waals surface area contributed by atoms with Crippen LogP contribution in [0, 0.1) is 0 Å². The van der Waals surface area contributed by atoms with Crippen molar-refractivity contribution in [2.75, 3.05) is 6.79 Å². The van der Waals surface area contributed by atoms with E-state index in [0.717, 1.165) is 16.8 Å². The van der Waals surface area contributed by atoms with Crippen LogP contribution in [-0.2, 0) is 17.9 Å². The fraction of sp³-hybridized carbons (Fsp3) is 0.150. The van der Waals surface area contributed by atoms with E-state index in [1.807, 2.05) is 36.4 Å². The van der Waals surface area contributed by atoms with E-state index in [1.54, 1.807) is 16.9 Å². The van der Waals surface area contributed by atoms with Crippen molar-refractivity contribution in [1.29, 1.82) is 0 Å². The molecule has 1 aliphatic rings. The first-order chi connectivity index (χ1) is 13.7. The SMILES string of the molecule is O=c1c2cnn(-c3ccccc3)c2ncn1Cc1cc(Cl)cc2c1OCOC2. The molecule has 8 heteroatoms. The van der Waals surface area contributed by atoms with Crippen molar-refractivity contribution in [3.63, 3.8) is 0 Å². The summed E-state index contributed by atoms with van der Waals surface area (Å²) in [5.74, 6) is 0.711. The number of para-hydroxylation sites is 1. The Bertz CT molecular complexity index is 1230. The zero-order valence-corrected chi connectivity index (χ0v) is 15.5. The number of hydrogen-bond acceptors (Lipinski definition) is 5. The molecule has 7 nitrogen and oxygen atoms in total. The van der Waals surface area contributed by atoms with Crippen molar-refractivity contribution >= 4 is 22.6 Å². The molecular formula is C20H15ClN4O3. The molecular weight excluding hydrogens is 380 g/mol. The molecule has 4 aromatic rings. The van der Waals surface area contributed by atoms with Crippen LogP contribution in [0.15, 0.2) is 59.8 Å². The van der Waals surface area contributed by atoms with Crippen molar-refractivity contribution in [1.82, 2.24) is 19.3 Å². The largest absolute Gasteiger partial charge is 0.467 e. The molecule has 0 unspecified atom stereocenters. The minimum Gasteiger partial charge on any atom is -0.467 e. The topological polar surface area (TPSA) is 71.2 Å². The van der Waals surface area contributed by atoms with E-state index in [0.29, 0.717) is 35.0 Å². The summed E-state index contributed by atoms with van der Waals surface area (Å²) < 4.78 is 14.1. The molecule has 3 heterocycles. The number of fused-ring (bicyclic) bond motifs is 2. The summed E-state index contributed by atoms with van der Waals surface area (Å²) in [7, 11) is 0. The molecule has 0 spiro atoms. The van der Waals surface area contributed by atoms with Crippen LogP contribution < -0.4 is 10.3 Å². The molecule has 28 heavy (non-hydrogen) atoms. The lowest BCUT2D eigenvalue weighted by Gasteiger charge is -2.21. The van der Waals surface area contributed by atoms with E-state index >= 15 is 0 Å². The Morgan fingerprint density at radius 1 is 1.18 bits per heavy atom. The molecule has 0 fully saturated rings. The smallest absolute Gasteiger partial charge is 0.264 e. The first-order valence-corrected chi connectivity index (χ1v) is 9.09. The third kappa shape index (κ3) is 2.85. The second-order valence-corrected chi connectivity index (χ2v) is 6.91. The van der Waals surface area contributed by atoms with Gasteiger partial charge in [-0.15, -0.1) is 0 Å². The molecule has 2 aromatic heterocycles. The van der Waals surface area contributed by atoms with Crippen molar-refractivity contribution in [3.8, 4) is 11.4 Å². The quantitative estimate of drug-likeness (QED) is 0.534. The highest BCUT2D eigenvalue weighted by molar-refractivity contribution is 6.30. The van der Waals surface area contributed by atoms with Crippen LogP contribution in [0.4, 0.5) is 0 Å². The van der Waals surface area contributed by atoms with Gasteiger partial charge in [0.05, 0.1) is 25.0 Å². The van der Waals surface area contributed by atoms with Gasteiger partial charge in [-0.1, -0.05) is 29.8 Å². The number of hydrogen-bond donors (Lipinski definition) is 0. The fourth-order valence-electron chi connectivity index (χ4n) is 3.38. The molecule has 140 valence electrons. The maximum Gasteiger partial charge on any atom is 0.264 e. The van der Waals surface area contributed by atoms with Crippen LogP contribution >= 0.6 is 11.6 Å². The first kappa shape index (κ1) is 17.0. The molecule has 0 amide bonds. The Morgan fingerprint density at radius 3 is 2.89 bits per heavy atom. The van der Waals surface area contributed by atoms with Gasteiger partial charge in [-0.25, -0.2) is 9.67 Å². The Labute approximate surface area is 164 Å². The molecule has 0 N–H and O–H groups in total. The van der Waals surface area contributed by atoms with Gasteiger partial charge in [0.15, 0.2) is 12.4 Å². The van der Waals surface area contributed by atoms with E-state index in [-0.39, 0.29) is 12.4 Å². The summed E-state index contributed by atoms with van der Waals surface area (Å²) in [6.45, 7) is 0.901. The summed E-state index contributed by atoms with van der Waals surface area (Å²) in [4.78, 5) is 17.5. The van der Waals surface area contributed by atoms with Gasteiger partial charge in [0.2, 0.25) is 0 Å². The lowest BCUT2D eigenvalue weighted by atomic mass is 10.1. The second kappa shape index (κ2) is 6.78. The van der Waals surface area contributed by atoms with Crippen LogP contribution in [0.3, 0.4) is 0 Å². The highest BCUT2D eigenvalue weighted by atomic mass is 35.5. The third-order valence-electron chi connectivity index (χ3n) is 4.65.